The Labute approximate surface area is 122 Å². The second-order valence-electron chi connectivity index (χ2n) is 5.31. The van der Waals surface area contributed by atoms with Crippen LogP contribution in [0, 0.1) is 0 Å². The number of fused-ring (bicyclic) bond motifs is 2. The Morgan fingerprint density at radius 1 is 1.05 bits per heavy atom. The van der Waals surface area contributed by atoms with Gasteiger partial charge in [-0.3, -0.25) is 4.79 Å². The molecule has 4 nitrogen and oxygen atoms in total. The monoisotopic (exact) mass is 281 g/mol. The second-order valence-corrected chi connectivity index (χ2v) is 5.31. The number of nitrogens with one attached hydrogen (secondary N) is 1. The smallest absolute Gasteiger partial charge is 0.232 e. The minimum Gasteiger partial charge on any atom is -0.486 e. The van der Waals surface area contributed by atoms with Crippen LogP contribution in [0.5, 0.6) is 11.5 Å². The number of hydrogen-bond acceptors (Lipinski definition) is 3. The molecular formula is C17H15NO3. The van der Waals surface area contributed by atoms with E-state index in [4.69, 9.17) is 9.47 Å². The van der Waals surface area contributed by atoms with Crippen LogP contribution in [0.3, 0.4) is 0 Å². The van der Waals surface area contributed by atoms with Crippen molar-refractivity contribution >= 4 is 11.6 Å². The topological polar surface area (TPSA) is 47.6 Å². The van der Waals surface area contributed by atoms with Crippen LogP contribution in [-0.4, -0.2) is 19.1 Å². The molecule has 4 rings (SSSR count). The van der Waals surface area contributed by atoms with Gasteiger partial charge in [0.15, 0.2) is 11.5 Å². The molecule has 4 heteroatoms. The fraction of sp³-hybridized carbons (Fsp3) is 0.235. The van der Waals surface area contributed by atoms with Crippen molar-refractivity contribution in [3.63, 3.8) is 0 Å². The van der Waals surface area contributed by atoms with Gasteiger partial charge < -0.3 is 14.8 Å². The Kier molecular flexibility index (Phi) is 2.81. The molecule has 1 amide bonds. The van der Waals surface area contributed by atoms with Gasteiger partial charge in [0.05, 0.1) is 5.92 Å². The third kappa shape index (κ3) is 2.13. The third-order valence-electron chi connectivity index (χ3n) is 3.96. The van der Waals surface area contributed by atoms with Crippen molar-refractivity contribution < 1.29 is 14.3 Å². The molecule has 2 aromatic carbocycles. The van der Waals surface area contributed by atoms with Gasteiger partial charge in [-0.25, -0.2) is 0 Å². The number of benzene rings is 2. The predicted octanol–water partition coefficient (Wildman–Crippen LogP) is 2.74. The summed E-state index contributed by atoms with van der Waals surface area (Å²) in [5, 5.41) is 2.94. The number of rotatable bonds is 2. The lowest BCUT2D eigenvalue weighted by Gasteiger charge is -2.19. The van der Waals surface area contributed by atoms with Gasteiger partial charge in [-0.1, -0.05) is 24.3 Å². The first-order valence-electron chi connectivity index (χ1n) is 7.09. The Morgan fingerprint density at radius 3 is 2.76 bits per heavy atom. The van der Waals surface area contributed by atoms with E-state index in [0.29, 0.717) is 19.6 Å². The molecule has 2 aliphatic rings. The Hall–Kier alpha value is -2.49. The van der Waals surface area contributed by atoms with E-state index in [-0.39, 0.29) is 11.8 Å². The number of carbonyl (C=O) groups excluding carboxylic acids is 1. The Morgan fingerprint density at radius 2 is 1.86 bits per heavy atom. The van der Waals surface area contributed by atoms with Crippen molar-refractivity contribution in [1.29, 1.82) is 0 Å². The summed E-state index contributed by atoms with van der Waals surface area (Å²) in [6.07, 6.45) is 0.666. The number of carbonyl (C=O) groups is 1. The molecule has 0 radical (unpaired) electrons. The summed E-state index contributed by atoms with van der Waals surface area (Å²) in [6.45, 7) is 1.16. The van der Waals surface area contributed by atoms with E-state index >= 15 is 0 Å². The van der Waals surface area contributed by atoms with E-state index in [0.717, 1.165) is 28.3 Å². The minimum absolute atomic E-state index is 0.0612. The molecule has 1 N–H and O–H groups in total. The predicted molar refractivity (Wildman–Crippen MR) is 78.9 cm³/mol. The maximum absolute atomic E-state index is 12.2. The zero-order valence-corrected chi connectivity index (χ0v) is 11.5. The fourth-order valence-corrected chi connectivity index (χ4v) is 2.93. The van der Waals surface area contributed by atoms with Crippen molar-refractivity contribution in [1.82, 2.24) is 0 Å². The highest BCUT2D eigenvalue weighted by molar-refractivity contribution is 6.03. The van der Waals surface area contributed by atoms with Gasteiger partial charge in [-0.05, 0) is 35.7 Å². The second kappa shape index (κ2) is 4.81. The zero-order chi connectivity index (χ0) is 14.2. The molecule has 0 bridgehead atoms. The van der Waals surface area contributed by atoms with Gasteiger partial charge in [-0.2, -0.15) is 0 Å². The highest BCUT2D eigenvalue weighted by Gasteiger charge is 2.30. The summed E-state index contributed by atoms with van der Waals surface area (Å²) in [4.78, 5) is 12.2. The van der Waals surface area contributed by atoms with Crippen molar-refractivity contribution in [2.24, 2.45) is 0 Å². The Balaban J connectivity index is 1.63. The van der Waals surface area contributed by atoms with Crippen LogP contribution >= 0.6 is 0 Å². The van der Waals surface area contributed by atoms with Gasteiger partial charge in [0.25, 0.3) is 0 Å². The van der Waals surface area contributed by atoms with Crippen LogP contribution in [0.4, 0.5) is 5.69 Å². The number of amides is 1. The van der Waals surface area contributed by atoms with Crippen molar-refractivity contribution in [3.05, 3.63) is 53.6 Å². The molecule has 0 saturated heterocycles. The van der Waals surface area contributed by atoms with Gasteiger partial charge in [0.1, 0.15) is 13.2 Å². The first kappa shape index (κ1) is 12.3. The number of ether oxygens (including phenoxy) is 2. The maximum atomic E-state index is 12.2. The highest BCUT2D eigenvalue weighted by atomic mass is 16.6. The number of anilines is 1. The lowest BCUT2D eigenvalue weighted by molar-refractivity contribution is -0.117. The van der Waals surface area contributed by atoms with Crippen LogP contribution in [-0.2, 0) is 11.2 Å². The van der Waals surface area contributed by atoms with E-state index in [9.17, 15) is 4.79 Å². The van der Waals surface area contributed by atoms with E-state index in [1.54, 1.807) is 0 Å². The number of para-hydroxylation sites is 1. The Bertz CT molecular complexity index is 711. The molecule has 1 unspecified atom stereocenters. The molecule has 0 aliphatic carbocycles. The molecule has 0 fully saturated rings. The molecular weight excluding hydrogens is 266 g/mol. The SMILES string of the molecule is O=C1Nc2ccccc2C1Cc1ccc2c(c1)OCCO2. The van der Waals surface area contributed by atoms with Gasteiger partial charge in [0.2, 0.25) is 5.91 Å². The van der Waals surface area contributed by atoms with E-state index in [1.807, 2.05) is 42.5 Å². The maximum Gasteiger partial charge on any atom is 0.232 e. The summed E-state index contributed by atoms with van der Waals surface area (Å²) < 4.78 is 11.1. The van der Waals surface area contributed by atoms with Gasteiger partial charge in [0, 0.05) is 5.69 Å². The van der Waals surface area contributed by atoms with Crippen molar-refractivity contribution in [2.45, 2.75) is 12.3 Å². The summed E-state index contributed by atoms with van der Waals surface area (Å²) in [5.74, 6) is 1.47. The summed E-state index contributed by atoms with van der Waals surface area (Å²) in [5.41, 5.74) is 3.07. The van der Waals surface area contributed by atoms with Crippen molar-refractivity contribution in [2.75, 3.05) is 18.5 Å². The molecule has 2 heterocycles. The average molecular weight is 281 g/mol. The van der Waals surface area contributed by atoms with Crippen LogP contribution < -0.4 is 14.8 Å². The largest absolute Gasteiger partial charge is 0.486 e. The molecule has 0 saturated carbocycles. The van der Waals surface area contributed by atoms with Crippen LogP contribution in [0.1, 0.15) is 17.0 Å². The lowest BCUT2D eigenvalue weighted by atomic mass is 9.93. The van der Waals surface area contributed by atoms with Crippen LogP contribution in [0.15, 0.2) is 42.5 Å². The zero-order valence-electron chi connectivity index (χ0n) is 11.5. The van der Waals surface area contributed by atoms with Crippen LogP contribution in [0.2, 0.25) is 0 Å². The van der Waals surface area contributed by atoms with E-state index in [2.05, 4.69) is 5.32 Å². The summed E-state index contributed by atoms with van der Waals surface area (Å²) >= 11 is 0. The molecule has 21 heavy (non-hydrogen) atoms. The molecule has 0 spiro atoms. The van der Waals surface area contributed by atoms with Gasteiger partial charge in [-0.15, -0.1) is 0 Å². The molecule has 106 valence electrons. The first-order valence-corrected chi connectivity index (χ1v) is 7.09. The molecule has 2 aromatic rings. The highest BCUT2D eigenvalue weighted by Crippen LogP contribution is 2.37. The normalized spacial score (nSPS) is 19.0. The standard InChI is InChI=1S/C17H15NO3/c19-17-13(12-3-1-2-4-14(12)18-17)9-11-5-6-15-16(10-11)21-8-7-20-15/h1-6,10,13H,7-9H2,(H,18,19). The minimum atomic E-state index is -0.135. The van der Waals surface area contributed by atoms with E-state index < -0.39 is 0 Å². The average Bonchev–Trinajstić information content (AvgIpc) is 2.83. The third-order valence-corrected chi connectivity index (χ3v) is 3.96. The summed E-state index contributed by atoms with van der Waals surface area (Å²) in [6, 6.07) is 13.8. The van der Waals surface area contributed by atoms with Gasteiger partial charge >= 0.3 is 0 Å². The molecule has 2 aliphatic heterocycles. The van der Waals surface area contributed by atoms with Crippen LogP contribution in [0.25, 0.3) is 0 Å². The quantitative estimate of drug-likeness (QED) is 0.920. The summed E-state index contributed by atoms with van der Waals surface area (Å²) in [7, 11) is 0. The fourth-order valence-electron chi connectivity index (χ4n) is 2.93. The first-order chi connectivity index (χ1) is 10.3. The molecule has 0 aromatic heterocycles. The lowest BCUT2D eigenvalue weighted by Crippen LogP contribution is -2.16. The van der Waals surface area contributed by atoms with Crippen molar-refractivity contribution in [3.8, 4) is 11.5 Å². The molecule has 1 atom stereocenters. The number of hydrogen-bond donors (Lipinski definition) is 1. The van der Waals surface area contributed by atoms with E-state index in [1.165, 1.54) is 0 Å².